The van der Waals surface area contributed by atoms with Crippen LogP contribution < -0.4 is 4.74 Å². The summed E-state index contributed by atoms with van der Waals surface area (Å²) >= 11 is 12.7. The maximum atomic E-state index is 9.57. The number of hydrogen-bond acceptors (Lipinski definition) is 5. The van der Waals surface area contributed by atoms with Crippen LogP contribution >= 0.6 is 50.6 Å². The lowest BCUT2D eigenvalue weighted by Crippen LogP contribution is -1.97. The maximum Gasteiger partial charge on any atom is 0.156 e. The number of nitrogens with zero attached hydrogens (tertiary/aromatic N) is 2. The third-order valence-electron chi connectivity index (χ3n) is 4.18. The molecule has 1 heterocycles. The maximum absolute atomic E-state index is 9.57. The quantitative estimate of drug-likeness (QED) is 0.194. The van der Waals surface area contributed by atoms with E-state index < -0.39 is 0 Å². The standard InChI is InChI=1S/C23H14BrClN2OS2/c24-18-12-15(9-10-21(18)28-14-16-5-1-2-6-19(16)25)11-17(13-26)29-23-27-20-7-3-4-8-22(20)30-23/h1-12H,14H2/b17-11+. The largest absolute Gasteiger partial charge is 0.488 e. The van der Waals surface area contributed by atoms with Crippen LogP contribution in [-0.2, 0) is 6.61 Å². The van der Waals surface area contributed by atoms with E-state index in [1.165, 1.54) is 11.8 Å². The fourth-order valence-electron chi connectivity index (χ4n) is 2.72. The molecule has 30 heavy (non-hydrogen) atoms. The zero-order valence-electron chi connectivity index (χ0n) is 15.5. The van der Waals surface area contributed by atoms with E-state index in [9.17, 15) is 5.26 Å². The first kappa shape index (κ1) is 21.0. The number of thioether (sulfide) groups is 1. The van der Waals surface area contributed by atoms with E-state index in [2.05, 4.69) is 27.0 Å². The number of benzene rings is 3. The summed E-state index contributed by atoms with van der Waals surface area (Å²) in [4.78, 5) is 5.16. The van der Waals surface area contributed by atoms with Gasteiger partial charge in [0.1, 0.15) is 18.4 Å². The molecule has 0 unspecified atom stereocenters. The monoisotopic (exact) mass is 512 g/mol. The number of thiazole rings is 1. The molecular weight excluding hydrogens is 500 g/mol. The molecule has 0 radical (unpaired) electrons. The number of hydrogen-bond donors (Lipinski definition) is 0. The van der Waals surface area contributed by atoms with Gasteiger partial charge in [0.05, 0.1) is 19.6 Å². The second-order valence-electron chi connectivity index (χ2n) is 6.24. The molecule has 0 spiro atoms. The highest BCUT2D eigenvalue weighted by molar-refractivity contribution is 9.10. The Bertz CT molecular complexity index is 1250. The van der Waals surface area contributed by atoms with Gasteiger partial charge >= 0.3 is 0 Å². The lowest BCUT2D eigenvalue weighted by molar-refractivity contribution is 0.304. The number of aromatic nitrogens is 1. The predicted molar refractivity (Wildman–Crippen MR) is 129 cm³/mol. The first-order chi connectivity index (χ1) is 14.6. The van der Waals surface area contributed by atoms with Crippen LogP contribution in [0.25, 0.3) is 16.3 Å². The number of allylic oxidation sites excluding steroid dienone is 1. The van der Waals surface area contributed by atoms with Gasteiger partial charge in [-0.25, -0.2) is 4.98 Å². The third kappa shape index (κ3) is 5.05. The van der Waals surface area contributed by atoms with Gasteiger partial charge in [-0.3, -0.25) is 0 Å². The Kier molecular flexibility index (Phi) is 6.76. The van der Waals surface area contributed by atoms with Crippen molar-refractivity contribution in [2.24, 2.45) is 0 Å². The van der Waals surface area contributed by atoms with Crippen molar-refractivity contribution in [3.8, 4) is 11.8 Å². The van der Waals surface area contributed by atoms with Crippen LogP contribution in [0.4, 0.5) is 0 Å². The molecule has 0 saturated carbocycles. The van der Waals surface area contributed by atoms with Gasteiger partial charge in [-0.15, -0.1) is 11.3 Å². The summed E-state index contributed by atoms with van der Waals surface area (Å²) in [5, 5.41) is 10.3. The van der Waals surface area contributed by atoms with Gasteiger partial charge in [-0.1, -0.05) is 48.0 Å². The summed E-state index contributed by atoms with van der Waals surface area (Å²) in [6, 6.07) is 23.5. The Balaban J connectivity index is 1.48. The summed E-state index contributed by atoms with van der Waals surface area (Å²) in [6.07, 6.45) is 1.85. The first-order valence-electron chi connectivity index (χ1n) is 8.93. The number of nitriles is 1. The molecule has 0 N–H and O–H groups in total. The minimum absolute atomic E-state index is 0.379. The van der Waals surface area contributed by atoms with E-state index in [-0.39, 0.29) is 0 Å². The van der Waals surface area contributed by atoms with Crippen molar-refractivity contribution in [3.05, 3.63) is 92.3 Å². The summed E-state index contributed by atoms with van der Waals surface area (Å²) in [7, 11) is 0. The predicted octanol–water partition coefficient (Wildman–Crippen LogP) is 7.95. The van der Waals surface area contributed by atoms with Crippen molar-refractivity contribution in [2.75, 3.05) is 0 Å². The van der Waals surface area contributed by atoms with E-state index >= 15 is 0 Å². The molecule has 3 nitrogen and oxygen atoms in total. The van der Waals surface area contributed by atoms with Gasteiger partial charge in [0.2, 0.25) is 0 Å². The minimum Gasteiger partial charge on any atom is -0.488 e. The summed E-state index contributed by atoms with van der Waals surface area (Å²) in [6.45, 7) is 0.379. The Morgan fingerprint density at radius 3 is 2.73 bits per heavy atom. The minimum atomic E-state index is 0.379. The van der Waals surface area contributed by atoms with Crippen LogP contribution in [0.3, 0.4) is 0 Å². The molecule has 1 aromatic heterocycles. The summed E-state index contributed by atoms with van der Waals surface area (Å²) in [5.74, 6) is 0.712. The first-order valence-corrected chi connectivity index (χ1v) is 11.7. The van der Waals surface area contributed by atoms with Crippen LogP contribution in [0.5, 0.6) is 5.75 Å². The van der Waals surface area contributed by atoms with Gasteiger partial charge in [0.25, 0.3) is 0 Å². The van der Waals surface area contributed by atoms with Gasteiger partial charge in [0.15, 0.2) is 4.34 Å². The molecule has 4 rings (SSSR count). The zero-order chi connectivity index (χ0) is 20.9. The molecule has 0 aliphatic rings. The zero-order valence-corrected chi connectivity index (χ0v) is 19.5. The molecule has 0 saturated heterocycles. The average molecular weight is 514 g/mol. The molecule has 0 amide bonds. The molecule has 4 aromatic rings. The van der Waals surface area contributed by atoms with E-state index in [1.54, 1.807) is 11.3 Å². The van der Waals surface area contributed by atoms with E-state index in [0.29, 0.717) is 22.3 Å². The average Bonchev–Trinajstić information content (AvgIpc) is 3.16. The topological polar surface area (TPSA) is 45.9 Å². The SMILES string of the molecule is N#C/C(=C\c1ccc(OCc2ccccc2Cl)c(Br)c1)Sc1nc2ccccc2s1. The lowest BCUT2D eigenvalue weighted by Gasteiger charge is -2.10. The fourth-order valence-corrected chi connectivity index (χ4v) is 5.40. The van der Waals surface area contributed by atoms with Crippen LogP contribution in [0, 0.1) is 11.3 Å². The molecule has 148 valence electrons. The Hall–Kier alpha value is -2.30. The molecule has 3 aromatic carbocycles. The number of rotatable bonds is 6. The molecule has 0 aliphatic carbocycles. The van der Waals surface area contributed by atoms with Crippen molar-refractivity contribution in [2.45, 2.75) is 10.9 Å². The summed E-state index contributed by atoms with van der Waals surface area (Å²) < 4.78 is 8.66. The second-order valence-corrected chi connectivity index (χ2v) is 9.82. The van der Waals surface area contributed by atoms with Gasteiger partial charge < -0.3 is 4.74 Å². The number of halogens is 2. The number of ether oxygens (including phenoxy) is 1. The van der Waals surface area contributed by atoms with Gasteiger partial charge in [-0.2, -0.15) is 5.26 Å². The van der Waals surface area contributed by atoms with Crippen molar-refractivity contribution in [3.63, 3.8) is 0 Å². The molecular formula is C23H14BrClN2OS2. The fraction of sp³-hybridized carbons (Fsp3) is 0.0435. The number of fused-ring (bicyclic) bond motifs is 1. The molecule has 0 atom stereocenters. The van der Waals surface area contributed by atoms with Gasteiger partial charge in [0, 0.05) is 10.6 Å². The van der Waals surface area contributed by atoms with Gasteiger partial charge in [-0.05, 0) is 69.7 Å². The highest BCUT2D eigenvalue weighted by Crippen LogP contribution is 2.35. The van der Waals surface area contributed by atoms with Crippen LogP contribution in [0.2, 0.25) is 5.02 Å². The van der Waals surface area contributed by atoms with Crippen molar-refractivity contribution in [1.29, 1.82) is 5.26 Å². The van der Waals surface area contributed by atoms with E-state index in [1.807, 2.05) is 72.8 Å². The highest BCUT2D eigenvalue weighted by Gasteiger charge is 2.09. The van der Waals surface area contributed by atoms with Crippen LogP contribution in [0.15, 0.2) is 80.4 Å². The highest BCUT2D eigenvalue weighted by atomic mass is 79.9. The molecule has 0 aliphatic heterocycles. The molecule has 0 bridgehead atoms. The van der Waals surface area contributed by atoms with E-state index in [0.717, 1.165) is 30.2 Å². The van der Waals surface area contributed by atoms with Crippen molar-refractivity contribution < 1.29 is 4.74 Å². The third-order valence-corrected chi connectivity index (χ3v) is 7.19. The van der Waals surface area contributed by atoms with Crippen molar-refractivity contribution >= 4 is 66.9 Å². The van der Waals surface area contributed by atoms with Crippen LogP contribution in [0.1, 0.15) is 11.1 Å². The normalized spacial score (nSPS) is 11.4. The molecule has 7 heteroatoms. The Morgan fingerprint density at radius 1 is 1.17 bits per heavy atom. The smallest absolute Gasteiger partial charge is 0.156 e. The summed E-state index contributed by atoms with van der Waals surface area (Å²) in [5.41, 5.74) is 2.77. The van der Waals surface area contributed by atoms with Crippen LogP contribution in [-0.4, -0.2) is 4.98 Å². The molecule has 0 fully saturated rings. The van der Waals surface area contributed by atoms with E-state index in [4.69, 9.17) is 16.3 Å². The van der Waals surface area contributed by atoms with Crippen molar-refractivity contribution in [1.82, 2.24) is 4.98 Å². The Morgan fingerprint density at radius 2 is 1.97 bits per heavy atom. The lowest BCUT2D eigenvalue weighted by atomic mass is 10.2. The Labute approximate surface area is 196 Å². The second kappa shape index (κ2) is 9.67. The number of para-hydroxylation sites is 1.